The van der Waals surface area contributed by atoms with E-state index < -0.39 is 5.91 Å². The molecule has 0 spiro atoms. The van der Waals surface area contributed by atoms with E-state index in [0.29, 0.717) is 22.2 Å². The summed E-state index contributed by atoms with van der Waals surface area (Å²) in [5, 5.41) is 12.6. The van der Waals surface area contributed by atoms with Crippen LogP contribution in [0.4, 0.5) is 5.13 Å². The van der Waals surface area contributed by atoms with Crippen molar-refractivity contribution in [2.45, 2.75) is 6.42 Å². The Bertz CT molecular complexity index is 1070. The number of rotatable bonds is 7. The molecule has 0 bridgehead atoms. The molecule has 1 amide bonds. The lowest BCUT2D eigenvalue weighted by atomic mass is 10.1. The van der Waals surface area contributed by atoms with Crippen LogP contribution in [0.3, 0.4) is 0 Å². The number of carbonyl (C=O) groups is 1. The van der Waals surface area contributed by atoms with Crippen molar-refractivity contribution in [3.63, 3.8) is 0 Å². The van der Waals surface area contributed by atoms with Gasteiger partial charge < -0.3 is 9.47 Å². The van der Waals surface area contributed by atoms with E-state index in [4.69, 9.17) is 9.47 Å². The maximum atomic E-state index is 12.5. The van der Waals surface area contributed by atoms with Crippen LogP contribution in [0.15, 0.2) is 60.3 Å². The third-order valence-electron chi connectivity index (χ3n) is 4.08. The molecule has 7 heteroatoms. The molecule has 0 aliphatic rings. The van der Waals surface area contributed by atoms with Crippen LogP contribution >= 0.6 is 11.3 Å². The zero-order chi connectivity index (χ0) is 20.6. The molecule has 29 heavy (non-hydrogen) atoms. The first-order valence-electron chi connectivity index (χ1n) is 8.76. The van der Waals surface area contributed by atoms with E-state index in [-0.39, 0.29) is 5.57 Å². The maximum absolute atomic E-state index is 12.5. The average molecular weight is 405 g/mol. The van der Waals surface area contributed by atoms with Crippen LogP contribution < -0.4 is 14.8 Å². The zero-order valence-corrected chi connectivity index (χ0v) is 16.8. The van der Waals surface area contributed by atoms with Crippen molar-refractivity contribution >= 4 is 28.5 Å². The molecule has 0 aliphatic heterocycles. The predicted octanol–water partition coefficient (Wildman–Crippen LogP) is 4.30. The molecular weight excluding hydrogens is 386 g/mol. The Morgan fingerprint density at radius 3 is 2.62 bits per heavy atom. The molecule has 1 heterocycles. The molecule has 0 aliphatic carbocycles. The van der Waals surface area contributed by atoms with Crippen molar-refractivity contribution in [3.05, 3.63) is 76.3 Å². The molecule has 0 saturated carbocycles. The summed E-state index contributed by atoms with van der Waals surface area (Å²) in [6, 6.07) is 17.1. The minimum Gasteiger partial charge on any atom is -0.493 e. The highest BCUT2D eigenvalue weighted by molar-refractivity contribution is 7.15. The van der Waals surface area contributed by atoms with Gasteiger partial charge in [-0.15, -0.1) is 11.3 Å². The van der Waals surface area contributed by atoms with Gasteiger partial charge in [-0.25, -0.2) is 4.98 Å². The second-order valence-electron chi connectivity index (χ2n) is 6.03. The second kappa shape index (κ2) is 9.53. The van der Waals surface area contributed by atoms with Gasteiger partial charge in [0.05, 0.1) is 14.2 Å². The minimum atomic E-state index is -0.511. The van der Waals surface area contributed by atoms with E-state index in [1.54, 1.807) is 31.5 Å². The van der Waals surface area contributed by atoms with Crippen molar-refractivity contribution in [2.75, 3.05) is 19.5 Å². The molecule has 0 saturated heterocycles. The van der Waals surface area contributed by atoms with Crippen LogP contribution in [-0.2, 0) is 11.2 Å². The standard InChI is InChI=1S/C22H19N3O3S/c1-27-19-9-8-16(12-20(19)28-2)10-17(13-23)21(26)25-22-24-14-18(29-22)11-15-6-4-3-5-7-15/h3-10,12,14H,11H2,1-2H3,(H,24,25,26). The number of nitrogens with one attached hydrogen (secondary N) is 1. The van der Waals surface area contributed by atoms with E-state index in [0.717, 1.165) is 11.3 Å². The van der Waals surface area contributed by atoms with Crippen molar-refractivity contribution in [3.8, 4) is 17.6 Å². The predicted molar refractivity (Wildman–Crippen MR) is 113 cm³/mol. The Hall–Kier alpha value is -3.63. The van der Waals surface area contributed by atoms with Gasteiger partial charge in [0, 0.05) is 17.5 Å². The third kappa shape index (κ3) is 5.21. The lowest BCUT2D eigenvalue weighted by molar-refractivity contribution is -0.112. The number of methoxy groups -OCH3 is 2. The van der Waals surface area contributed by atoms with Gasteiger partial charge in [0.25, 0.3) is 5.91 Å². The maximum Gasteiger partial charge on any atom is 0.268 e. The molecule has 1 aromatic heterocycles. The minimum absolute atomic E-state index is 0.0305. The summed E-state index contributed by atoms with van der Waals surface area (Å²) in [4.78, 5) is 17.8. The number of ether oxygens (including phenoxy) is 2. The fraction of sp³-hybridized carbons (Fsp3) is 0.136. The highest BCUT2D eigenvalue weighted by Crippen LogP contribution is 2.28. The number of hydrogen-bond acceptors (Lipinski definition) is 6. The highest BCUT2D eigenvalue weighted by Gasteiger charge is 2.13. The molecule has 1 N–H and O–H groups in total. The molecule has 3 aromatic rings. The van der Waals surface area contributed by atoms with E-state index in [2.05, 4.69) is 10.3 Å². The first-order chi connectivity index (χ1) is 14.1. The Labute approximate surface area is 173 Å². The van der Waals surface area contributed by atoms with E-state index in [1.807, 2.05) is 36.4 Å². The molecule has 6 nitrogen and oxygen atoms in total. The van der Waals surface area contributed by atoms with Gasteiger partial charge in [-0.05, 0) is 29.3 Å². The Kier molecular flexibility index (Phi) is 6.61. The van der Waals surface area contributed by atoms with E-state index >= 15 is 0 Å². The van der Waals surface area contributed by atoms with Crippen LogP contribution in [0.1, 0.15) is 16.0 Å². The smallest absolute Gasteiger partial charge is 0.268 e. The number of nitrogens with zero attached hydrogens (tertiary/aromatic N) is 2. The Morgan fingerprint density at radius 1 is 1.17 bits per heavy atom. The lowest BCUT2D eigenvalue weighted by Gasteiger charge is -2.08. The van der Waals surface area contributed by atoms with Crippen LogP contribution in [0.25, 0.3) is 6.08 Å². The summed E-state index contributed by atoms with van der Waals surface area (Å²) in [7, 11) is 3.07. The number of benzene rings is 2. The van der Waals surface area contributed by atoms with Gasteiger partial charge in [0.15, 0.2) is 16.6 Å². The molecule has 0 atom stereocenters. The number of thiazole rings is 1. The molecular formula is C22H19N3O3S. The number of anilines is 1. The summed E-state index contributed by atoms with van der Waals surface area (Å²) >= 11 is 1.39. The van der Waals surface area contributed by atoms with Gasteiger partial charge >= 0.3 is 0 Å². The van der Waals surface area contributed by atoms with Crippen molar-refractivity contribution in [1.82, 2.24) is 4.98 Å². The third-order valence-corrected chi connectivity index (χ3v) is 4.99. The van der Waals surface area contributed by atoms with Gasteiger partial charge in [0.2, 0.25) is 0 Å². The Balaban J connectivity index is 1.72. The van der Waals surface area contributed by atoms with Crippen molar-refractivity contribution < 1.29 is 14.3 Å². The normalized spacial score (nSPS) is 10.9. The summed E-state index contributed by atoms with van der Waals surface area (Å²) in [5.74, 6) is 0.577. The molecule has 0 unspecified atom stereocenters. The van der Waals surface area contributed by atoms with Crippen LogP contribution in [0, 0.1) is 11.3 Å². The fourth-order valence-corrected chi connectivity index (χ4v) is 3.51. The lowest BCUT2D eigenvalue weighted by Crippen LogP contribution is -2.13. The number of nitriles is 1. The van der Waals surface area contributed by atoms with Gasteiger partial charge in [-0.2, -0.15) is 5.26 Å². The molecule has 0 radical (unpaired) electrons. The van der Waals surface area contributed by atoms with E-state index in [1.165, 1.54) is 30.1 Å². The molecule has 2 aromatic carbocycles. The first-order valence-corrected chi connectivity index (χ1v) is 9.58. The number of carbonyl (C=O) groups excluding carboxylic acids is 1. The molecule has 146 valence electrons. The first kappa shape index (κ1) is 20.1. The second-order valence-corrected chi connectivity index (χ2v) is 7.15. The SMILES string of the molecule is COc1ccc(C=C(C#N)C(=O)Nc2ncc(Cc3ccccc3)s2)cc1OC. The number of aromatic nitrogens is 1. The molecule has 3 rings (SSSR count). The average Bonchev–Trinajstić information content (AvgIpc) is 3.18. The number of amides is 1. The van der Waals surface area contributed by atoms with Gasteiger partial charge in [-0.3, -0.25) is 10.1 Å². The summed E-state index contributed by atoms with van der Waals surface area (Å²) in [6.07, 6.45) is 3.97. The van der Waals surface area contributed by atoms with Crippen LogP contribution in [0.2, 0.25) is 0 Å². The fourth-order valence-electron chi connectivity index (χ4n) is 2.67. The van der Waals surface area contributed by atoms with Gasteiger partial charge in [0.1, 0.15) is 11.6 Å². The van der Waals surface area contributed by atoms with Crippen molar-refractivity contribution in [1.29, 1.82) is 5.26 Å². The summed E-state index contributed by atoms with van der Waals surface area (Å²) in [5.41, 5.74) is 1.79. The highest BCUT2D eigenvalue weighted by atomic mass is 32.1. The van der Waals surface area contributed by atoms with E-state index in [9.17, 15) is 10.1 Å². The summed E-state index contributed by atoms with van der Waals surface area (Å²) < 4.78 is 10.5. The largest absolute Gasteiger partial charge is 0.493 e. The number of hydrogen-bond donors (Lipinski definition) is 1. The van der Waals surface area contributed by atoms with Gasteiger partial charge in [-0.1, -0.05) is 36.4 Å². The zero-order valence-electron chi connectivity index (χ0n) is 16.0. The van der Waals surface area contributed by atoms with Crippen LogP contribution in [-0.4, -0.2) is 25.1 Å². The Morgan fingerprint density at radius 2 is 1.93 bits per heavy atom. The molecule has 0 fully saturated rings. The monoisotopic (exact) mass is 405 g/mol. The quantitative estimate of drug-likeness (QED) is 0.468. The van der Waals surface area contributed by atoms with Crippen molar-refractivity contribution in [2.24, 2.45) is 0 Å². The van der Waals surface area contributed by atoms with Crippen LogP contribution in [0.5, 0.6) is 11.5 Å². The topological polar surface area (TPSA) is 84.2 Å². The summed E-state index contributed by atoms with van der Waals surface area (Å²) in [6.45, 7) is 0.